The SMILES string of the molecule is O=C(COc1cccc2ccccc12)NNC(=S)NCc1ccccc1. The Morgan fingerprint density at radius 2 is 1.62 bits per heavy atom. The van der Waals surface area contributed by atoms with Crippen molar-refractivity contribution >= 4 is 34.0 Å². The van der Waals surface area contributed by atoms with Gasteiger partial charge in [0, 0.05) is 11.9 Å². The van der Waals surface area contributed by atoms with E-state index in [9.17, 15) is 4.79 Å². The van der Waals surface area contributed by atoms with E-state index in [0.717, 1.165) is 16.3 Å². The van der Waals surface area contributed by atoms with Gasteiger partial charge in [-0.15, -0.1) is 0 Å². The fourth-order valence-electron chi connectivity index (χ4n) is 2.45. The van der Waals surface area contributed by atoms with Crippen LogP contribution in [0.3, 0.4) is 0 Å². The fraction of sp³-hybridized carbons (Fsp3) is 0.100. The van der Waals surface area contributed by atoms with Crippen LogP contribution >= 0.6 is 12.2 Å². The van der Waals surface area contributed by atoms with Crippen LogP contribution in [0.2, 0.25) is 0 Å². The molecule has 3 rings (SSSR count). The van der Waals surface area contributed by atoms with Gasteiger partial charge in [-0.2, -0.15) is 0 Å². The number of hydrogen-bond acceptors (Lipinski definition) is 3. The van der Waals surface area contributed by atoms with Gasteiger partial charge in [-0.25, -0.2) is 0 Å². The largest absolute Gasteiger partial charge is 0.483 e. The van der Waals surface area contributed by atoms with Crippen LogP contribution < -0.4 is 20.9 Å². The first-order valence-electron chi connectivity index (χ1n) is 8.19. The van der Waals surface area contributed by atoms with E-state index in [1.165, 1.54) is 0 Å². The first-order chi connectivity index (χ1) is 12.7. The first kappa shape index (κ1) is 17.7. The molecule has 26 heavy (non-hydrogen) atoms. The molecule has 6 heteroatoms. The van der Waals surface area contributed by atoms with Crippen LogP contribution in [0.25, 0.3) is 10.8 Å². The molecule has 0 fully saturated rings. The van der Waals surface area contributed by atoms with Crippen LogP contribution in [-0.2, 0) is 11.3 Å². The number of ether oxygens (including phenoxy) is 1. The van der Waals surface area contributed by atoms with Crippen molar-refractivity contribution < 1.29 is 9.53 Å². The van der Waals surface area contributed by atoms with Gasteiger partial charge in [0.05, 0.1) is 0 Å². The van der Waals surface area contributed by atoms with Crippen LogP contribution in [0.1, 0.15) is 5.56 Å². The van der Waals surface area contributed by atoms with E-state index in [2.05, 4.69) is 16.2 Å². The maximum atomic E-state index is 11.9. The molecule has 0 unspecified atom stereocenters. The number of hydrogen-bond donors (Lipinski definition) is 3. The van der Waals surface area contributed by atoms with Gasteiger partial charge in [0.25, 0.3) is 5.91 Å². The zero-order valence-electron chi connectivity index (χ0n) is 14.1. The molecule has 3 aromatic carbocycles. The second kappa shape index (κ2) is 8.82. The quantitative estimate of drug-likeness (QED) is 0.479. The molecule has 0 aliphatic heterocycles. The zero-order chi connectivity index (χ0) is 18.2. The molecular weight excluding hydrogens is 346 g/mol. The molecular formula is C20H19N3O2S. The summed E-state index contributed by atoms with van der Waals surface area (Å²) < 4.78 is 5.63. The van der Waals surface area contributed by atoms with Crippen molar-refractivity contribution in [2.75, 3.05) is 6.61 Å². The Morgan fingerprint density at radius 3 is 2.46 bits per heavy atom. The van der Waals surface area contributed by atoms with Gasteiger partial charge in [0.1, 0.15) is 5.75 Å². The first-order valence-corrected chi connectivity index (χ1v) is 8.60. The Hall–Kier alpha value is -3.12. The number of nitrogens with one attached hydrogen (secondary N) is 3. The summed E-state index contributed by atoms with van der Waals surface area (Å²) in [6, 6.07) is 23.5. The van der Waals surface area contributed by atoms with E-state index in [-0.39, 0.29) is 12.5 Å². The molecule has 3 N–H and O–H groups in total. The number of amides is 1. The van der Waals surface area contributed by atoms with Crippen molar-refractivity contribution in [3.8, 4) is 5.75 Å². The Bertz CT molecular complexity index is 894. The molecule has 0 bridgehead atoms. The number of fused-ring (bicyclic) bond motifs is 1. The number of rotatable bonds is 5. The molecule has 0 atom stereocenters. The minimum atomic E-state index is -0.318. The monoisotopic (exact) mass is 365 g/mol. The molecule has 0 saturated carbocycles. The van der Waals surface area contributed by atoms with E-state index in [0.29, 0.717) is 17.4 Å². The van der Waals surface area contributed by atoms with Gasteiger partial charge in [0.15, 0.2) is 11.7 Å². The van der Waals surface area contributed by atoms with Crippen molar-refractivity contribution in [1.29, 1.82) is 0 Å². The van der Waals surface area contributed by atoms with Crippen molar-refractivity contribution in [1.82, 2.24) is 16.2 Å². The van der Waals surface area contributed by atoms with E-state index in [1.54, 1.807) is 0 Å². The van der Waals surface area contributed by atoms with Crippen LogP contribution in [0.4, 0.5) is 0 Å². The van der Waals surface area contributed by atoms with E-state index < -0.39 is 0 Å². The molecule has 1 amide bonds. The molecule has 0 saturated heterocycles. The highest BCUT2D eigenvalue weighted by atomic mass is 32.1. The topological polar surface area (TPSA) is 62.4 Å². The summed E-state index contributed by atoms with van der Waals surface area (Å²) in [6.45, 7) is 0.470. The maximum Gasteiger partial charge on any atom is 0.276 e. The fourth-order valence-corrected chi connectivity index (χ4v) is 2.57. The third-order valence-electron chi connectivity index (χ3n) is 3.72. The van der Waals surface area contributed by atoms with Crippen molar-refractivity contribution in [2.24, 2.45) is 0 Å². The van der Waals surface area contributed by atoms with Gasteiger partial charge in [-0.1, -0.05) is 66.7 Å². The number of thiocarbonyl (C=S) groups is 1. The number of carbonyl (C=O) groups excluding carboxylic acids is 1. The second-order valence-corrected chi connectivity index (χ2v) is 6.02. The molecule has 132 valence electrons. The average Bonchev–Trinajstić information content (AvgIpc) is 2.70. The van der Waals surface area contributed by atoms with Gasteiger partial charge in [0.2, 0.25) is 0 Å². The summed E-state index contributed by atoms with van der Waals surface area (Å²) in [7, 11) is 0. The third-order valence-corrected chi connectivity index (χ3v) is 3.97. The lowest BCUT2D eigenvalue weighted by molar-refractivity contribution is -0.123. The molecule has 0 aliphatic carbocycles. The standard InChI is InChI=1S/C20H19N3O2S/c24-19(22-23-20(26)21-13-15-7-2-1-3-8-15)14-25-18-12-6-10-16-9-4-5-11-17(16)18/h1-12H,13-14H2,(H,22,24)(H2,21,23,26). The summed E-state index contributed by atoms with van der Waals surface area (Å²) >= 11 is 5.13. The minimum Gasteiger partial charge on any atom is -0.483 e. The van der Waals surface area contributed by atoms with E-state index >= 15 is 0 Å². The molecule has 5 nitrogen and oxygen atoms in total. The second-order valence-electron chi connectivity index (χ2n) is 5.61. The molecule has 3 aromatic rings. The van der Waals surface area contributed by atoms with Gasteiger partial charge in [-0.05, 0) is 29.2 Å². The number of benzene rings is 3. The Kier molecular flexibility index (Phi) is 6.01. The normalized spacial score (nSPS) is 10.2. The molecule has 0 aromatic heterocycles. The summed E-state index contributed by atoms with van der Waals surface area (Å²) in [5.74, 6) is 0.352. The molecule has 0 spiro atoms. The third kappa shape index (κ3) is 4.94. The number of hydrazine groups is 1. The highest BCUT2D eigenvalue weighted by Gasteiger charge is 2.06. The zero-order valence-corrected chi connectivity index (χ0v) is 14.9. The smallest absolute Gasteiger partial charge is 0.276 e. The minimum absolute atomic E-state index is 0.109. The summed E-state index contributed by atoms with van der Waals surface area (Å²) in [5.41, 5.74) is 6.29. The predicted molar refractivity (Wildman–Crippen MR) is 107 cm³/mol. The number of carbonyl (C=O) groups is 1. The maximum absolute atomic E-state index is 11.9. The van der Waals surface area contributed by atoms with Crippen LogP contribution in [0, 0.1) is 0 Å². The summed E-state index contributed by atoms with van der Waals surface area (Å²) in [5, 5.41) is 5.39. The van der Waals surface area contributed by atoms with Crippen molar-refractivity contribution in [3.05, 3.63) is 78.4 Å². The Balaban J connectivity index is 1.43. The average molecular weight is 365 g/mol. The van der Waals surface area contributed by atoms with Crippen molar-refractivity contribution in [2.45, 2.75) is 6.54 Å². The van der Waals surface area contributed by atoms with Gasteiger partial charge >= 0.3 is 0 Å². The van der Waals surface area contributed by atoms with Gasteiger partial charge in [-0.3, -0.25) is 15.6 Å². The summed E-state index contributed by atoms with van der Waals surface area (Å²) in [4.78, 5) is 11.9. The van der Waals surface area contributed by atoms with Crippen LogP contribution in [0.5, 0.6) is 5.75 Å². The molecule has 0 radical (unpaired) electrons. The van der Waals surface area contributed by atoms with Crippen LogP contribution in [-0.4, -0.2) is 17.6 Å². The molecule has 0 heterocycles. The highest BCUT2D eigenvalue weighted by Crippen LogP contribution is 2.24. The Labute approximate surface area is 157 Å². The predicted octanol–water partition coefficient (Wildman–Crippen LogP) is 2.91. The highest BCUT2D eigenvalue weighted by molar-refractivity contribution is 7.80. The lowest BCUT2D eigenvalue weighted by atomic mass is 10.1. The van der Waals surface area contributed by atoms with E-state index in [1.807, 2.05) is 72.8 Å². The van der Waals surface area contributed by atoms with E-state index in [4.69, 9.17) is 17.0 Å². The van der Waals surface area contributed by atoms with Crippen molar-refractivity contribution in [3.63, 3.8) is 0 Å². The molecule has 0 aliphatic rings. The lowest BCUT2D eigenvalue weighted by Crippen LogP contribution is -2.48. The summed E-state index contributed by atoms with van der Waals surface area (Å²) in [6.07, 6.45) is 0. The van der Waals surface area contributed by atoms with Gasteiger partial charge < -0.3 is 10.1 Å². The Morgan fingerprint density at radius 1 is 0.885 bits per heavy atom. The lowest BCUT2D eigenvalue weighted by Gasteiger charge is -2.13. The van der Waals surface area contributed by atoms with Crippen LogP contribution in [0.15, 0.2) is 72.8 Å².